The van der Waals surface area contributed by atoms with Crippen LogP contribution >= 0.6 is 0 Å². The Balaban J connectivity index is 1.84. The molecule has 1 aromatic rings. The van der Waals surface area contributed by atoms with Crippen LogP contribution in [-0.4, -0.2) is 5.97 Å². The summed E-state index contributed by atoms with van der Waals surface area (Å²) >= 11 is 0. The molecule has 0 spiro atoms. The molecular formula is C29H48O2. The van der Waals surface area contributed by atoms with Gasteiger partial charge in [-0.15, -0.1) is 0 Å². The summed E-state index contributed by atoms with van der Waals surface area (Å²) in [5.41, 5.74) is 1.05. The second-order valence-corrected chi connectivity index (χ2v) is 9.07. The molecule has 1 rings (SSSR count). The lowest BCUT2D eigenvalue weighted by molar-refractivity contribution is -0.149. The fourth-order valence-electron chi connectivity index (χ4n) is 3.86. The van der Waals surface area contributed by atoms with Crippen LogP contribution in [0.3, 0.4) is 0 Å². The number of carbonyl (C=O) groups excluding carboxylic acids is 1. The lowest BCUT2D eigenvalue weighted by Crippen LogP contribution is -2.14. The second-order valence-electron chi connectivity index (χ2n) is 9.07. The zero-order chi connectivity index (χ0) is 22.4. The van der Waals surface area contributed by atoms with Crippen molar-refractivity contribution in [2.75, 3.05) is 0 Å². The van der Waals surface area contributed by atoms with Gasteiger partial charge in [0.25, 0.3) is 0 Å². The van der Waals surface area contributed by atoms with E-state index >= 15 is 0 Å². The van der Waals surface area contributed by atoms with E-state index in [9.17, 15) is 4.79 Å². The Morgan fingerprint density at radius 1 is 0.774 bits per heavy atom. The lowest BCUT2D eigenvalue weighted by Gasteiger charge is -2.11. The summed E-state index contributed by atoms with van der Waals surface area (Å²) in [4.78, 5) is 12.1. The normalized spacial score (nSPS) is 12.3. The number of benzene rings is 1. The Morgan fingerprint density at radius 3 is 1.87 bits per heavy atom. The van der Waals surface area contributed by atoms with Crippen molar-refractivity contribution in [3.05, 3.63) is 48.0 Å². The van der Waals surface area contributed by atoms with Gasteiger partial charge in [-0.1, -0.05) is 127 Å². The summed E-state index contributed by atoms with van der Waals surface area (Å²) in [6.45, 7) is 4.66. The first-order valence-corrected chi connectivity index (χ1v) is 13.1. The number of ether oxygens (including phenoxy) is 1. The van der Waals surface area contributed by atoms with Gasteiger partial charge in [-0.05, 0) is 37.7 Å². The summed E-state index contributed by atoms with van der Waals surface area (Å²) in [5.74, 6) is -0.0553. The van der Waals surface area contributed by atoms with Gasteiger partial charge in [0.05, 0.1) is 5.92 Å². The highest BCUT2D eigenvalue weighted by Crippen LogP contribution is 2.15. The van der Waals surface area contributed by atoms with E-state index in [1.807, 2.05) is 37.3 Å². The van der Waals surface area contributed by atoms with Gasteiger partial charge in [0.2, 0.25) is 0 Å². The maximum atomic E-state index is 12.1. The molecule has 0 saturated heterocycles. The molecule has 0 fully saturated rings. The molecule has 1 unspecified atom stereocenters. The number of carbonyl (C=O) groups is 1. The Labute approximate surface area is 192 Å². The molecule has 0 aromatic heterocycles. The molecule has 0 aliphatic rings. The number of hydrogen-bond donors (Lipinski definition) is 0. The molecule has 2 nitrogen and oxygen atoms in total. The molecule has 31 heavy (non-hydrogen) atoms. The number of hydrogen-bond acceptors (Lipinski definition) is 2. The Kier molecular flexibility index (Phi) is 18.0. The molecule has 0 radical (unpaired) electrons. The maximum Gasteiger partial charge on any atom is 0.308 e. The van der Waals surface area contributed by atoms with Crippen molar-refractivity contribution in [2.45, 2.75) is 123 Å². The van der Waals surface area contributed by atoms with Gasteiger partial charge < -0.3 is 4.74 Å². The zero-order valence-corrected chi connectivity index (χ0v) is 20.5. The van der Waals surface area contributed by atoms with E-state index in [0.29, 0.717) is 6.61 Å². The van der Waals surface area contributed by atoms with Gasteiger partial charge in [-0.25, -0.2) is 0 Å². The van der Waals surface area contributed by atoms with Gasteiger partial charge in [0.15, 0.2) is 0 Å². The van der Waals surface area contributed by atoms with Crippen LogP contribution in [0.4, 0.5) is 0 Å². The van der Waals surface area contributed by atoms with E-state index in [-0.39, 0.29) is 11.9 Å². The van der Waals surface area contributed by atoms with Crippen LogP contribution in [0.1, 0.15) is 122 Å². The first kappa shape index (κ1) is 27.5. The molecule has 0 bridgehead atoms. The fourth-order valence-corrected chi connectivity index (χ4v) is 3.86. The van der Waals surface area contributed by atoms with Crippen LogP contribution < -0.4 is 0 Å². The van der Waals surface area contributed by atoms with E-state index in [0.717, 1.165) is 18.4 Å². The van der Waals surface area contributed by atoms with Crippen molar-refractivity contribution in [2.24, 2.45) is 5.92 Å². The highest BCUT2D eigenvalue weighted by Gasteiger charge is 2.13. The van der Waals surface area contributed by atoms with Crippen LogP contribution in [0.15, 0.2) is 42.5 Å². The average Bonchev–Trinajstić information content (AvgIpc) is 2.80. The van der Waals surface area contributed by atoms with Gasteiger partial charge in [-0.3, -0.25) is 4.79 Å². The predicted molar refractivity (Wildman–Crippen MR) is 134 cm³/mol. The number of rotatable bonds is 20. The molecule has 1 aromatic carbocycles. The van der Waals surface area contributed by atoms with Crippen molar-refractivity contribution in [3.63, 3.8) is 0 Å². The Morgan fingerprint density at radius 2 is 1.29 bits per heavy atom. The van der Waals surface area contributed by atoms with Crippen molar-refractivity contribution in [1.29, 1.82) is 0 Å². The number of esters is 1. The van der Waals surface area contributed by atoms with E-state index in [2.05, 4.69) is 19.1 Å². The van der Waals surface area contributed by atoms with Crippen molar-refractivity contribution >= 4 is 5.97 Å². The number of allylic oxidation sites excluding steroid dienone is 2. The third-order valence-electron chi connectivity index (χ3n) is 6.03. The van der Waals surface area contributed by atoms with E-state index in [1.165, 1.54) is 89.9 Å². The van der Waals surface area contributed by atoms with Gasteiger partial charge in [0, 0.05) is 0 Å². The molecule has 0 aliphatic carbocycles. The van der Waals surface area contributed by atoms with E-state index < -0.39 is 0 Å². The highest BCUT2D eigenvalue weighted by atomic mass is 16.5. The molecular weight excluding hydrogens is 380 g/mol. The summed E-state index contributed by atoms with van der Waals surface area (Å²) < 4.78 is 5.43. The van der Waals surface area contributed by atoms with Crippen LogP contribution in [0.25, 0.3) is 0 Å². The summed E-state index contributed by atoms with van der Waals surface area (Å²) in [5, 5.41) is 0. The quantitative estimate of drug-likeness (QED) is 0.117. The van der Waals surface area contributed by atoms with Gasteiger partial charge in [0.1, 0.15) is 6.61 Å². The van der Waals surface area contributed by atoms with Crippen molar-refractivity contribution < 1.29 is 9.53 Å². The molecule has 0 amide bonds. The third kappa shape index (κ3) is 16.8. The van der Waals surface area contributed by atoms with Crippen LogP contribution in [0, 0.1) is 5.92 Å². The zero-order valence-electron chi connectivity index (χ0n) is 20.5. The Bertz CT molecular complexity index is 549. The van der Waals surface area contributed by atoms with Crippen LogP contribution in [-0.2, 0) is 16.1 Å². The first-order valence-electron chi connectivity index (χ1n) is 13.1. The smallest absolute Gasteiger partial charge is 0.308 e. The second kappa shape index (κ2) is 20.3. The fraction of sp³-hybridized carbons (Fsp3) is 0.690. The summed E-state index contributed by atoms with van der Waals surface area (Å²) in [6.07, 6.45) is 25.6. The first-order chi connectivity index (χ1) is 15.2. The minimum atomic E-state index is -0.0617. The molecule has 176 valence electrons. The molecule has 0 heterocycles. The monoisotopic (exact) mass is 428 g/mol. The predicted octanol–water partition coefficient (Wildman–Crippen LogP) is 9.18. The summed E-state index contributed by atoms with van der Waals surface area (Å²) in [7, 11) is 0. The van der Waals surface area contributed by atoms with Gasteiger partial charge in [-0.2, -0.15) is 0 Å². The maximum absolute atomic E-state index is 12.1. The topological polar surface area (TPSA) is 26.3 Å². The third-order valence-corrected chi connectivity index (χ3v) is 6.03. The molecule has 0 saturated carbocycles. The van der Waals surface area contributed by atoms with E-state index in [1.54, 1.807) is 0 Å². The van der Waals surface area contributed by atoms with Crippen molar-refractivity contribution in [1.82, 2.24) is 0 Å². The largest absolute Gasteiger partial charge is 0.461 e. The average molecular weight is 429 g/mol. The molecule has 0 N–H and O–H groups in total. The molecule has 0 aliphatic heterocycles. The van der Waals surface area contributed by atoms with Crippen LogP contribution in [0.5, 0.6) is 0 Å². The van der Waals surface area contributed by atoms with Crippen LogP contribution in [0.2, 0.25) is 0 Å². The molecule has 1 atom stereocenters. The lowest BCUT2D eigenvalue weighted by atomic mass is 10.0. The minimum Gasteiger partial charge on any atom is -0.461 e. The standard InChI is InChI=1S/C29H48O2/c1-3-4-5-6-7-8-9-10-11-12-13-14-15-16-17-18-20-23-27(2)29(30)31-26-28-24-21-19-22-25-28/h10-11,19,21-22,24-25,27H,3-9,12-18,20,23,26H2,1-2H3/b11-10-. The van der Waals surface area contributed by atoms with E-state index in [4.69, 9.17) is 4.74 Å². The Hall–Kier alpha value is -1.57. The van der Waals surface area contributed by atoms with Gasteiger partial charge >= 0.3 is 5.97 Å². The van der Waals surface area contributed by atoms with Crippen molar-refractivity contribution in [3.8, 4) is 0 Å². The summed E-state index contributed by atoms with van der Waals surface area (Å²) in [6, 6.07) is 9.90. The highest BCUT2D eigenvalue weighted by molar-refractivity contribution is 5.71. The molecule has 2 heteroatoms. The SMILES string of the molecule is CCCCCCCC/C=C\CCCCCCCCCC(C)C(=O)OCc1ccccc1. The minimum absolute atomic E-state index is 0.00633. The number of unbranched alkanes of at least 4 members (excludes halogenated alkanes) is 13.